The zero-order valence-electron chi connectivity index (χ0n) is 9.20. The molecule has 1 heterocycles. The molecular weight excluding hydrogens is 207 g/mol. The summed E-state index contributed by atoms with van der Waals surface area (Å²) in [6, 6.07) is 7.82. The second kappa shape index (κ2) is 4.10. The summed E-state index contributed by atoms with van der Waals surface area (Å²) in [5.74, 6) is 0.803. The summed E-state index contributed by atoms with van der Waals surface area (Å²) < 4.78 is 18.4. The van der Waals surface area contributed by atoms with Crippen LogP contribution in [0.2, 0.25) is 0 Å². The zero-order valence-corrected chi connectivity index (χ0v) is 9.20. The monoisotopic (exact) mass is 220 g/mol. The fourth-order valence-electron chi connectivity index (χ4n) is 1.66. The molecule has 0 aliphatic heterocycles. The van der Waals surface area contributed by atoms with E-state index >= 15 is 0 Å². The quantitative estimate of drug-likeness (QED) is 0.843. The Morgan fingerprint density at radius 3 is 2.56 bits per heavy atom. The number of aliphatic hydroxyl groups excluding tert-OH is 1. The molecule has 0 unspecified atom stereocenters. The molecule has 0 aliphatic rings. The normalized spacial score (nSPS) is 12.8. The van der Waals surface area contributed by atoms with Gasteiger partial charge in [-0.15, -0.1) is 0 Å². The number of hydrogen-bond donors (Lipinski definition) is 1. The number of furan rings is 1. The van der Waals surface area contributed by atoms with E-state index in [-0.39, 0.29) is 5.82 Å². The van der Waals surface area contributed by atoms with Gasteiger partial charge in [0, 0.05) is 0 Å². The van der Waals surface area contributed by atoms with Crippen LogP contribution >= 0.6 is 0 Å². The van der Waals surface area contributed by atoms with Gasteiger partial charge in [-0.3, -0.25) is 0 Å². The minimum Gasteiger partial charge on any atom is -0.463 e. The summed E-state index contributed by atoms with van der Waals surface area (Å²) >= 11 is 0. The van der Waals surface area contributed by atoms with Crippen molar-refractivity contribution >= 4 is 0 Å². The first kappa shape index (κ1) is 10.9. The average molecular weight is 220 g/mol. The highest BCUT2D eigenvalue weighted by atomic mass is 19.1. The Hall–Kier alpha value is -1.61. The SMILES string of the molecule is Cc1ccc([C@@H](O)c2cc(F)ccc2C)o1. The molecule has 1 aromatic carbocycles. The molecule has 0 aliphatic carbocycles. The summed E-state index contributed by atoms with van der Waals surface area (Å²) in [6.07, 6.45) is -0.913. The Labute approximate surface area is 93.3 Å². The van der Waals surface area contributed by atoms with Gasteiger partial charge in [-0.2, -0.15) is 0 Å². The maximum absolute atomic E-state index is 13.1. The average Bonchev–Trinajstić information content (AvgIpc) is 2.67. The van der Waals surface area contributed by atoms with Crippen molar-refractivity contribution < 1.29 is 13.9 Å². The van der Waals surface area contributed by atoms with Crippen molar-refractivity contribution in [1.82, 2.24) is 0 Å². The van der Waals surface area contributed by atoms with Crippen molar-refractivity contribution in [3.8, 4) is 0 Å². The lowest BCUT2D eigenvalue weighted by Crippen LogP contribution is -2.01. The Morgan fingerprint density at radius 1 is 1.19 bits per heavy atom. The number of aryl methyl sites for hydroxylation is 2. The highest BCUT2D eigenvalue weighted by molar-refractivity contribution is 5.32. The Bertz CT molecular complexity index is 502. The lowest BCUT2D eigenvalue weighted by Gasteiger charge is -2.11. The van der Waals surface area contributed by atoms with Crippen LogP contribution in [0.15, 0.2) is 34.7 Å². The predicted octanol–water partition coefficient (Wildman–Crippen LogP) is 3.12. The summed E-state index contributed by atoms with van der Waals surface area (Å²) in [6.45, 7) is 3.63. The van der Waals surface area contributed by atoms with Gasteiger partial charge in [0.2, 0.25) is 0 Å². The number of halogens is 1. The molecule has 0 bridgehead atoms. The van der Waals surface area contributed by atoms with Crippen molar-refractivity contribution in [2.75, 3.05) is 0 Å². The van der Waals surface area contributed by atoms with Gasteiger partial charge in [-0.05, 0) is 49.2 Å². The summed E-state index contributed by atoms with van der Waals surface area (Å²) in [7, 11) is 0. The number of rotatable bonds is 2. The van der Waals surface area contributed by atoms with Crippen molar-refractivity contribution in [1.29, 1.82) is 0 Å². The topological polar surface area (TPSA) is 33.4 Å². The summed E-state index contributed by atoms with van der Waals surface area (Å²) in [5.41, 5.74) is 1.37. The first-order valence-electron chi connectivity index (χ1n) is 5.08. The van der Waals surface area contributed by atoms with Crippen molar-refractivity contribution in [2.45, 2.75) is 20.0 Å². The van der Waals surface area contributed by atoms with Crippen LogP contribution in [0.4, 0.5) is 4.39 Å². The molecule has 3 heteroatoms. The molecule has 1 aromatic heterocycles. The van der Waals surface area contributed by atoms with E-state index in [1.54, 1.807) is 25.1 Å². The molecule has 0 fully saturated rings. The molecule has 2 rings (SSSR count). The van der Waals surface area contributed by atoms with Gasteiger partial charge in [0.1, 0.15) is 23.4 Å². The Balaban J connectivity index is 2.40. The first-order valence-corrected chi connectivity index (χ1v) is 5.08. The maximum atomic E-state index is 13.1. The first-order chi connectivity index (χ1) is 7.58. The summed E-state index contributed by atoms with van der Waals surface area (Å²) in [4.78, 5) is 0. The molecule has 1 atom stereocenters. The van der Waals surface area contributed by atoms with Crippen LogP contribution in [-0.2, 0) is 0 Å². The van der Waals surface area contributed by atoms with Gasteiger partial charge in [-0.25, -0.2) is 4.39 Å². The van der Waals surface area contributed by atoms with E-state index in [4.69, 9.17) is 4.42 Å². The molecule has 0 saturated carbocycles. The highest BCUT2D eigenvalue weighted by Crippen LogP contribution is 2.26. The molecular formula is C13H13FO2. The molecule has 2 nitrogen and oxygen atoms in total. The Morgan fingerprint density at radius 2 is 1.94 bits per heavy atom. The van der Waals surface area contributed by atoms with Crippen molar-refractivity contribution in [3.63, 3.8) is 0 Å². The van der Waals surface area contributed by atoms with Crippen LogP contribution in [0.25, 0.3) is 0 Å². The molecule has 0 spiro atoms. The lowest BCUT2D eigenvalue weighted by molar-refractivity contribution is 0.186. The van der Waals surface area contributed by atoms with Crippen LogP contribution in [0.3, 0.4) is 0 Å². The standard InChI is InChI=1S/C13H13FO2/c1-8-3-5-10(14)7-11(8)13(15)12-6-4-9(2)16-12/h3-7,13,15H,1-2H3/t13-/m0/s1. The van der Waals surface area contributed by atoms with E-state index in [0.717, 1.165) is 11.3 Å². The molecule has 16 heavy (non-hydrogen) atoms. The fourth-order valence-corrected chi connectivity index (χ4v) is 1.66. The Kier molecular flexibility index (Phi) is 2.79. The molecule has 0 radical (unpaired) electrons. The molecule has 84 valence electrons. The highest BCUT2D eigenvalue weighted by Gasteiger charge is 2.16. The van der Waals surface area contributed by atoms with Gasteiger partial charge in [0.05, 0.1) is 0 Å². The van der Waals surface area contributed by atoms with Crippen LogP contribution in [0.1, 0.15) is 28.8 Å². The van der Waals surface area contributed by atoms with Crippen LogP contribution in [-0.4, -0.2) is 5.11 Å². The second-order valence-electron chi connectivity index (χ2n) is 3.85. The van der Waals surface area contributed by atoms with E-state index in [1.807, 2.05) is 6.92 Å². The number of hydrogen-bond acceptors (Lipinski definition) is 2. The fraction of sp³-hybridized carbons (Fsp3) is 0.231. The van der Waals surface area contributed by atoms with Crippen LogP contribution in [0.5, 0.6) is 0 Å². The minimum atomic E-state index is -0.913. The third-order valence-corrected chi connectivity index (χ3v) is 2.57. The molecule has 1 N–H and O–H groups in total. The van der Waals surface area contributed by atoms with E-state index < -0.39 is 6.10 Å². The molecule has 0 amide bonds. The smallest absolute Gasteiger partial charge is 0.137 e. The van der Waals surface area contributed by atoms with Gasteiger partial charge in [-0.1, -0.05) is 6.07 Å². The molecule has 2 aromatic rings. The molecule has 0 saturated heterocycles. The number of benzene rings is 1. The van der Waals surface area contributed by atoms with Gasteiger partial charge in [0.15, 0.2) is 0 Å². The van der Waals surface area contributed by atoms with E-state index in [9.17, 15) is 9.50 Å². The zero-order chi connectivity index (χ0) is 11.7. The van der Waals surface area contributed by atoms with Crippen LogP contribution < -0.4 is 0 Å². The third kappa shape index (κ3) is 1.99. The van der Waals surface area contributed by atoms with E-state index in [1.165, 1.54) is 12.1 Å². The largest absolute Gasteiger partial charge is 0.463 e. The van der Waals surface area contributed by atoms with Crippen molar-refractivity contribution in [3.05, 3.63) is 58.8 Å². The van der Waals surface area contributed by atoms with E-state index in [0.29, 0.717) is 11.3 Å². The maximum Gasteiger partial charge on any atom is 0.137 e. The minimum absolute atomic E-state index is 0.358. The lowest BCUT2D eigenvalue weighted by atomic mass is 10.0. The van der Waals surface area contributed by atoms with E-state index in [2.05, 4.69) is 0 Å². The number of aliphatic hydroxyl groups is 1. The second-order valence-corrected chi connectivity index (χ2v) is 3.85. The van der Waals surface area contributed by atoms with Gasteiger partial charge in [0.25, 0.3) is 0 Å². The van der Waals surface area contributed by atoms with Gasteiger partial charge >= 0.3 is 0 Å². The van der Waals surface area contributed by atoms with Gasteiger partial charge < -0.3 is 9.52 Å². The predicted molar refractivity (Wildman–Crippen MR) is 58.6 cm³/mol. The van der Waals surface area contributed by atoms with Crippen molar-refractivity contribution in [2.24, 2.45) is 0 Å². The summed E-state index contributed by atoms with van der Waals surface area (Å²) in [5, 5.41) is 10.1. The van der Waals surface area contributed by atoms with Crippen LogP contribution in [0, 0.1) is 19.7 Å². The third-order valence-electron chi connectivity index (χ3n) is 2.57.